The highest BCUT2D eigenvalue weighted by Crippen LogP contribution is 2.22. The summed E-state index contributed by atoms with van der Waals surface area (Å²) in [5.74, 6) is 0.272. The minimum absolute atomic E-state index is 0.133. The lowest BCUT2D eigenvalue weighted by Gasteiger charge is -2.08. The topological polar surface area (TPSA) is 76.9 Å². The van der Waals surface area contributed by atoms with E-state index in [-0.39, 0.29) is 10.7 Å². The Morgan fingerprint density at radius 1 is 0.923 bits per heavy atom. The number of para-hydroxylation sites is 1. The second kappa shape index (κ2) is 6.61. The predicted molar refractivity (Wildman–Crippen MR) is 100 cm³/mol. The highest BCUT2D eigenvalue weighted by Gasteiger charge is 2.19. The Balaban J connectivity index is 1.60. The monoisotopic (exact) mass is 364 g/mol. The summed E-state index contributed by atoms with van der Waals surface area (Å²) in [4.78, 5) is 4.34. The zero-order valence-corrected chi connectivity index (χ0v) is 14.6. The molecule has 0 saturated carbocycles. The van der Waals surface area contributed by atoms with Gasteiger partial charge in [0.15, 0.2) is 5.82 Å². The maximum absolute atomic E-state index is 12.8. The van der Waals surface area contributed by atoms with Gasteiger partial charge < -0.3 is 0 Å². The van der Waals surface area contributed by atoms with Gasteiger partial charge in [0, 0.05) is 23.8 Å². The van der Waals surface area contributed by atoms with E-state index in [0.29, 0.717) is 12.1 Å². The smallest absolute Gasteiger partial charge is 0.265 e. The van der Waals surface area contributed by atoms with Gasteiger partial charge in [-0.1, -0.05) is 48.5 Å². The fraction of sp³-hybridized carbons (Fsp3) is 0.0526. The van der Waals surface area contributed by atoms with Crippen LogP contribution in [-0.4, -0.2) is 23.2 Å². The molecule has 2 heterocycles. The molecule has 0 unspecified atom stereocenters. The van der Waals surface area contributed by atoms with E-state index in [1.54, 1.807) is 41.3 Å². The van der Waals surface area contributed by atoms with Crippen LogP contribution >= 0.6 is 0 Å². The molecule has 4 rings (SSSR count). The summed E-state index contributed by atoms with van der Waals surface area (Å²) in [6.45, 7) is 0.568. The van der Waals surface area contributed by atoms with Gasteiger partial charge in [0.1, 0.15) is 4.90 Å². The summed E-state index contributed by atoms with van der Waals surface area (Å²) in [5.41, 5.74) is 1.52. The van der Waals surface area contributed by atoms with E-state index in [4.69, 9.17) is 0 Å². The zero-order valence-electron chi connectivity index (χ0n) is 13.8. The molecule has 0 spiro atoms. The fourth-order valence-electron chi connectivity index (χ4n) is 2.76. The van der Waals surface area contributed by atoms with Gasteiger partial charge in [0.05, 0.1) is 12.1 Å². The van der Waals surface area contributed by atoms with E-state index in [0.717, 1.165) is 10.9 Å². The van der Waals surface area contributed by atoms with E-state index >= 15 is 0 Å². The third-order valence-corrected chi connectivity index (χ3v) is 5.34. The lowest BCUT2D eigenvalue weighted by molar-refractivity contribution is 0.601. The second-order valence-corrected chi connectivity index (χ2v) is 7.47. The number of sulfonamides is 1. The first-order valence-corrected chi connectivity index (χ1v) is 9.54. The van der Waals surface area contributed by atoms with Gasteiger partial charge in [-0.3, -0.25) is 14.4 Å². The van der Waals surface area contributed by atoms with Crippen molar-refractivity contribution in [2.45, 2.75) is 11.4 Å². The molecule has 1 N–H and O–H groups in total. The number of rotatable bonds is 5. The fourth-order valence-corrected chi connectivity index (χ4v) is 3.94. The van der Waals surface area contributed by atoms with Crippen molar-refractivity contribution in [2.24, 2.45) is 0 Å². The van der Waals surface area contributed by atoms with Gasteiger partial charge in [0.25, 0.3) is 10.0 Å². The maximum Gasteiger partial charge on any atom is 0.265 e. The number of hydrogen-bond donors (Lipinski definition) is 1. The molecule has 0 amide bonds. The molecule has 0 aliphatic carbocycles. The molecular weight excluding hydrogens is 348 g/mol. The predicted octanol–water partition coefficient (Wildman–Crippen LogP) is 3.28. The molecule has 2 aromatic heterocycles. The molecule has 0 atom stereocenters. The largest absolute Gasteiger partial charge is 0.266 e. The third kappa shape index (κ3) is 3.29. The number of nitrogens with one attached hydrogen (secondary N) is 1. The first-order chi connectivity index (χ1) is 12.6. The number of aromatic nitrogens is 3. The Morgan fingerprint density at radius 2 is 1.73 bits per heavy atom. The van der Waals surface area contributed by atoms with Crippen molar-refractivity contribution in [3.05, 3.63) is 84.7 Å². The average molecular weight is 364 g/mol. The van der Waals surface area contributed by atoms with Crippen LogP contribution in [0.5, 0.6) is 0 Å². The Morgan fingerprint density at radius 3 is 2.58 bits per heavy atom. The first-order valence-electron chi connectivity index (χ1n) is 8.06. The highest BCUT2D eigenvalue weighted by atomic mass is 32.2. The van der Waals surface area contributed by atoms with Crippen molar-refractivity contribution < 1.29 is 8.42 Å². The number of pyridine rings is 1. The second-order valence-electron chi connectivity index (χ2n) is 5.82. The quantitative estimate of drug-likeness (QED) is 0.590. The van der Waals surface area contributed by atoms with Gasteiger partial charge in [0.2, 0.25) is 0 Å². The summed E-state index contributed by atoms with van der Waals surface area (Å²) in [5, 5.41) is 5.07. The zero-order chi connectivity index (χ0) is 18.0. The van der Waals surface area contributed by atoms with Crippen LogP contribution in [0.25, 0.3) is 10.9 Å². The molecule has 130 valence electrons. The van der Waals surface area contributed by atoms with Crippen molar-refractivity contribution in [1.29, 1.82) is 0 Å². The molecular formula is C19H16N4O2S. The van der Waals surface area contributed by atoms with Gasteiger partial charge >= 0.3 is 0 Å². The van der Waals surface area contributed by atoms with Crippen LogP contribution in [0.3, 0.4) is 0 Å². The van der Waals surface area contributed by atoms with E-state index < -0.39 is 10.0 Å². The Labute approximate surface area is 151 Å². The molecule has 0 aliphatic heterocycles. The lowest BCUT2D eigenvalue weighted by atomic mass is 10.2. The Hall–Kier alpha value is -3.19. The van der Waals surface area contributed by atoms with Crippen LogP contribution in [0, 0.1) is 0 Å². The number of nitrogens with zero attached hydrogens (tertiary/aromatic N) is 3. The summed E-state index contributed by atoms with van der Waals surface area (Å²) < 4.78 is 29.8. The van der Waals surface area contributed by atoms with E-state index in [1.165, 1.54) is 0 Å². The molecule has 4 aromatic rings. The van der Waals surface area contributed by atoms with E-state index in [9.17, 15) is 8.42 Å². The molecule has 0 saturated heterocycles. The van der Waals surface area contributed by atoms with Crippen LogP contribution in [0.2, 0.25) is 0 Å². The number of benzene rings is 2. The standard InChI is InChI=1S/C19H16N4O2S/c24-26(25,17-10-4-8-16-9-5-12-20-19(16)17)22-18-11-13-23(21-18)14-15-6-2-1-3-7-15/h1-13H,14H2,(H,21,22). The summed E-state index contributed by atoms with van der Waals surface area (Å²) in [7, 11) is -3.79. The van der Waals surface area contributed by atoms with Crippen molar-refractivity contribution in [2.75, 3.05) is 4.72 Å². The van der Waals surface area contributed by atoms with Crippen LogP contribution in [0.4, 0.5) is 5.82 Å². The van der Waals surface area contributed by atoms with Gasteiger partial charge in [-0.05, 0) is 17.7 Å². The number of fused-ring (bicyclic) bond motifs is 1. The summed E-state index contributed by atoms with van der Waals surface area (Å²) in [6, 6.07) is 20.2. The van der Waals surface area contributed by atoms with Crippen LogP contribution < -0.4 is 4.72 Å². The number of hydrogen-bond acceptors (Lipinski definition) is 4. The normalized spacial score (nSPS) is 11.5. The SMILES string of the molecule is O=S(=O)(Nc1ccn(Cc2ccccc2)n1)c1cccc2cccnc12. The molecule has 0 aliphatic rings. The van der Waals surface area contributed by atoms with Crippen molar-refractivity contribution in [3.63, 3.8) is 0 Å². The molecule has 7 heteroatoms. The van der Waals surface area contributed by atoms with Gasteiger partial charge in [-0.25, -0.2) is 8.42 Å². The van der Waals surface area contributed by atoms with Crippen LogP contribution in [0.1, 0.15) is 5.56 Å². The van der Waals surface area contributed by atoms with E-state index in [1.807, 2.05) is 42.5 Å². The molecule has 6 nitrogen and oxygen atoms in total. The average Bonchev–Trinajstić information content (AvgIpc) is 3.08. The van der Waals surface area contributed by atoms with Crippen molar-refractivity contribution in [3.8, 4) is 0 Å². The highest BCUT2D eigenvalue weighted by molar-refractivity contribution is 7.93. The van der Waals surface area contributed by atoms with Gasteiger partial charge in [-0.2, -0.15) is 5.10 Å². The number of anilines is 1. The molecule has 26 heavy (non-hydrogen) atoms. The third-order valence-electron chi connectivity index (χ3n) is 3.95. The lowest BCUT2D eigenvalue weighted by Crippen LogP contribution is -2.14. The van der Waals surface area contributed by atoms with Gasteiger partial charge in [-0.15, -0.1) is 0 Å². The van der Waals surface area contributed by atoms with E-state index in [2.05, 4.69) is 14.8 Å². The minimum Gasteiger partial charge on any atom is -0.266 e. The first kappa shape index (κ1) is 16.3. The van der Waals surface area contributed by atoms with Crippen molar-refractivity contribution in [1.82, 2.24) is 14.8 Å². The Bertz CT molecular complexity index is 1150. The molecule has 0 bridgehead atoms. The van der Waals surface area contributed by atoms with Crippen LogP contribution in [0.15, 0.2) is 84.0 Å². The molecule has 0 radical (unpaired) electrons. The van der Waals surface area contributed by atoms with Crippen LogP contribution in [-0.2, 0) is 16.6 Å². The van der Waals surface area contributed by atoms with Crippen molar-refractivity contribution >= 4 is 26.7 Å². The maximum atomic E-state index is 12.8. The molecule has 0 fully saturated rings. The summed E-state index contributed by atoms with van der Waals surface area (Å²) >= 11 is 0. The Kier molecular flexibility index (Phi) is 4.14. The summed E-state index contributed by atoms with van der Waals surface area (Å²) in [6.07, 6.45) is 3.32. The minimum atomic E-state index is -3.79. The molecule has 2 aromatic carbocycles.